The molecule has 0 atom stereocenters. The predicted molar refractivity (Wildman–Crippen MR) is 65.5 cm³/mol. The van der Waals surface area contributed by atoms with E-state index >= 15 is 0 Å². The lowest BCUT2D eigenvalue weighted by molar-refractivity contribution is -0.137. The van der Waals surface area contributed by atoms with E-state index in [0.29, 0.717) is 11.1 Å². The van der Waals surface area contributed by atoms with Gasteiger partial charge in [0, 0.05) is 11.1 Å². The maximum Gasteiger partial charge on any atom is 0.416 e. The van der Waals surface area contributed by atoms with Gasteiger partial charge >= 0.3 is 6.18 Å². The van der Waals surface area contributed by atoms with Crippen LogP contribution in [-0.2, 0) is 6.18 Å². The number of halogens is 3. The molecular weight excluding hydrogens is 269 g/mol. The third-order valence-electron chi connectivity index (χ3n) is 3.26. The fourth-order valence-electron chi connectivity index (χ4n) is 2.30. The molecule has 0 aromatic heterocycles. The van der Waals surface area contributed by atoms with Gasteiger partial charge in [0.15, 0.2) is 0 Å². The summed E-state index contributed by atoms with van der Waals surface area (Å²) in [7, 11) is 0. The maximum absolute atomic E-state index is 12.7. The van der Waals surface area contributed by atoms with Crippen molar-refractivity contribution in [1.82, 2.24) is 0 Å². The van der Waals surface area contributed by atoms with Gasteiger partial charge in [0.05, 0.1) is 5.56 Å². The first-order valence-corrected chi connectivity index (χ1v) is 5.79. The number of rotatable bonds is 0. The van der Waals surface area contributed by atoms with E-state index in [0.717, 1.165) is 12.1 Å². The molecule has 2 nitrogen and oxygen atoms in total. The summed E-state index contributed by atoms with van der Waals surface area (Å²) < 4.78 is 38.0. The molecule has 0 unspecified atom stereocenters. The minimum atomic E-state index is -4.55. The van der Waals surface area contributed by atoms with Crippen LogP contribution in [0.5, 0.6) is 0 Å². The number of Topliss-reactive ketones (excluding diaryl/α,β-unsaturated/α-hetero) is 2. The molecule has 0 bridgehead atoms. The molecule has 0 fully saturated rings. The van der Waals surface area contributed by atoms with Gasteiger partial charge in [-0.15, -0.1) is 0 Å². The molecule has 0 aliphatic heterocycles. The van der Waals surface area contributed by atoms with Gasteiger partial charge in [-0.1, -0.05) is 30.3 Å². The van der Waals surface area contributed by atoms with E-state index in [1.165, 1.54) is 12.1 Å². The average molecular weight is 276 g/mol. The highest BCUT2D eigenvalue weighted by Gasteiger charge is 2.35. The highest BCUT2D eigenvalue weighted by atomic mass is 19.4. The minimum Gasteiger partial charge on any atom is -0.285 e. The van der Waals surface area contributed by atoms with Crippen LogP contribution < -0.4 is 0 Å². The van der Waals surface area contributed by atoms with E-state index in [1.54, 1.807) is 18.2 Å². The van der Waals surface area contributed by atoms with Crippen LogP contribution in [0.3, 0.4) is 0 Å². The van der Waals surface area contributed by atoms with Crippen molar-refractivity contribution in [3.63, 3.8) is 0 Å². The Morgan fingerprint density at radius 2 is 1.25 bits per heavy atom. The molecule has 100 valence electrons. The van der Waals surface area contributed by atoms with Gasteiger partial charge in [0.2, 0.25) is 11.6 Å². The Morgan fingerprint density at radius 3 is 1.90 bits per heavy atom. The first-order valence-electron chi connectivity index (χ1n) is 5.79. The molecular formula is C15H7F3O2. The number of carbonyl (C=O) groups excluding carboxylic acids is 2. The third-order valence-corrected chi connectivity index (χ3v) is 3.26. The van der Waals surface area contributed by atoms with Gasteiger partial charge < -0.3 is 0 Å². The number of fused-ring (bicyclic) bond motifs is 3. The van der Waals surface area contributed by atoms with Crippen molar-refractivity contribution >= 4 is 11.6 Å². The number of ketones is 2. The van der Waals surface area contributed by atoms with Gasteiger partial charge in [-0.05, 0) is 23.3 Å². The molecule has 20 heavy (non-hydrogen) atoms. The molecule has 0 saturated heterocycles. The van der Waals surface area contributed by atoms with Crippen molar-refractivity contribution in [2.75, 3.05) is 0 Å². The quantitative estimate of drug-likeness (QED) is 0.687. The average Bonchev–Trinajstić information content (AvgIpc) is 2.43. The Kier molecular flexibility index (Phi) is 2.54. The van der Waals surface area contributed by atoms with Crippen LogP contribution in [0.4, 0.5) is 13.2 Å². The summed E-state index contributed by atoms with van der Waals surface area (Å²) in [4.78, 5) is 23.9. The molecule has 1 aliphatic carbocycles. The van der Waals surface area contributed by atoms with Crippen molar-refractivity contribution in [2.24, 2.45) is 0 Å². The SMILES string of the molecule is O=C1C(=O)c2cc(C(F)(F)F)ccc2-c2ccccc21. The zero-order valence-corrected chi connectivity index (χ0v) is 9.99. The zero-order chi connectivity index (χ0) is 14.5. The van der Waals surface area contributed by atoms with Crippen molar-refractivity contribution in [1.29, 1.82) is 0 Å². The molecule has 2 aromatic rings. The van der Waals surface area contributed by atoms with Crippen molar-refractivity contribution in [3.05, 3.63) is 59.2 Å². The molecule has 2 aromatic carbocycles. The Bertz CT molecular complexity index is 745. The van der Waals surface area contributed by atoms with E-state index in [9.17, 15) is 22.8 Å². The lowest BCUT2D eigenvalue weighted by Crippen LogP contribution is -2.22. The third kappa shape index (κ3) is 1.74. The van der Waals surface area contributed by atoms with Gasteiger partial charge in [0.25, 0.3) is 0 Å². The highest BCUT2D eigenvalue weighted by molar-refractivity contribution is 6.53. The summed E-state index contributed by atoms with van der Waals surface area (Å²) in [5.74, 6) is -1.67. The van der Waals surface area contributed by atoms with Crippen LogP contribution >= 0.6 is 0 Å². The maximum atomic E-state index is 12.7. The van der Waals surface area contributed by atoms with Crippen molar-refractivity contribution in [3.8, 4) is 11.1 Å². The molecule has 0 saturated carbocycles. The van der Waals surface area contributed by atoms with Crippen LogP contribution in [0.2, 0.25) is 0 Å². The van der Waals surface area contributed by atoms with Crippen LogP contribution in [0.1, 0.15) is 26.3 Å². The summed E-state index contributed by atoms with van der Waals surface area (Å²) in [6.07, 6.45) is -4.55. The minimum absolute atomic E-state index is 0.191. The summed E-state index contributed by atoms with van der Waals surface area (Å²) >= 11 is 0. The van der Waals surface area contributed by atoms with Crippen LogP contribution in [0.15, 0.2) is 42.5 Å². The van der Waals surface area contributed by atoms with Gasteiger partial charge in [0.1, 0.15) is 0 Å². The number of hydrogen-bond donors (Lipinski definition) is 0. The lowest BCUT2D eigenvalue weighted by Gasteiger charge is -2.19. The molecule has 0 N–H and O–H groups in total. The zero-order valence-electron chi connectivity index (χ0n) is 9.99. The second-order valence-corrected chi connectivity index (χ2v) is 4.46. The standard InChI is InChI=1S/C15H7F3O2/c16-15(17,18)8-5-6-10-9-3-1-2-4-11(9)13(19)14(20)12(10)7-8/h1-7H. The van der Waals surface area contributed by atoms with Crippen LogP contribution in [-0.4, -0.2) is 11.6 Å². The molecule has 0 spiro atoms. The normalized spacial score (nSPS) is 13.9. The largest absolute Gasteiger partial charge is 0.416 e. The smallest absolute Gasteiger partial charge is 0.285 e. The van der Waals surface area contributed by atoms with Gasteiger partial charge in [-0.2, -0.15) is 13.2 Å². The number of hydrogen-bond acceptors (Lipinski definition) is 2. The summed E-state index contributed by atoms with van der Waals surface area (Å²) in [6, 6.07) is 9.29. The van der Waals surface area contributed by atoms with E-state index in [1.807, 2.05) is 0 Å². The summed E-state index contributed by atoms with van der Waals surface area (Å²) in [5.41, 5.74) is -0.0518. The molecule has 0 amide bonds. The fraction of sp³-hybridized carbons (Fsp3) is 0.0667. The second-order valence-electron chi connectivity index (χ2n) is 4.46. The second kappa shape index (κ2) is 4.03. The highest BCUT2D eigenvalue weighted by Crippen LogP contribution is 2.37. The lowest BCUT2D eigenvalue weighted by atomic mass is 9.83. The van der Waals surface area contributed by atoms with Gasteiger partial charge in [-0.25, -0.2) is 0 Å². The first-order chi connectivity index (χ1) is 9.39. The van der Waals surface area contributed by atoms with Crippen molar-refractivity contribution < 1.29 is 22.8 Å². The number of carbonyl (C=O) groups is 2. The molecule has 0 heterocycles. The van der Waals surface area contributed by atoms with Crippen LogP contribution in [0, 0.1) is 0 Å². The van der Waals surface area contributed by atoms with Crippen LogP contribution in [0.25, 0.3) is 11.1 Å². The van der Waals surface area contributed by atoms with E-state index < -0.39 is 23.3 Å². The monoisotopic (exact) mass is 276 g/mol. The Morgan fingerprint density at radius 1 is 0.700 bits per heavy atom. The predicted octanol–water partition coefficient (Wildman–Crippen LogP) is 3.75. The van der Waals surface area contributed by atoms with E-state index in [2.05, 4.69) is 0 Å². The Balaban J connectivity index is 2.29. The van der Waals surface area contributed by atoms with E-state index in [4.69, 9.17) is 0 Å². The number of alkyl halides is 3. The fourth-order valence-corrected chi connectivity index (χ4v) is 2.30. The topological polar surface area (TPSA) is 34.1 Å². The molecule has 3 rings (SSSR count). The molecule has 5 heteroatoms. The van der Waals surface area contributed by atoms with Gasteiger partial charge in [-0.3, -0.25) is 9.59 Å². The summed E-state index contributed by atoms with van der Waals surface area (Å²) in [5, 5.41) is 0. The molecule has 1 aliphatic rings. The molecule has 0 radical (unpaired) electrons. The first kappa shape index (κ1) is 12.6. The Labute approximate surface area is 111 Å². The number of benzene rings is 2. The van der Waals surface area contributed by atoms with Crippen molar-refractivity contribution in [2.45, 2.75) is 6.18 Å². The van der Waals surface area contributed by atoms with E-state index in [-0.39, 0.29) is 11.1 Å². The summed E-state index contributed by atoms with van der Waals surface area (Å²) in [6.45, 7) is 0. The Hall–Kier alpha value is -2.43.